The number of hydrogen-bond acceptors (Lipinski definition) is 6. The standard InChI is InChI=1S/C26H27F5N4O2/c1-24(2)36-18-15-35(21-11-12-32-20(25(21,27)28)13-16-7-4-3-5-8-16)14-17(23(18)37-24)33-22-10-6-9-19(34-22)26(29,30)31/h3-11,17-18,23H,12-15H2,1-2H3,(H,33,34)/t17-,18-,23+/m0/s1. The number of rotatable bonds is 5. The van der Waals surface area contributed by atoms with Crippen molar-refractivity contribution in [3.63, 3.8) is 0 Å². The maximum absolute atomic E-state index is 15.8. The minimum atomic E-state index is -4.61. The normalized spacial score (nSPS) is 26.8. The Balaban J connectivity index is 1.40. The van der Waals surface area contributed by atoms with E-state index in [9.17, 15) is 13.2 Å². The second kappa shape index (κ2) is 9.36. The van der Waals surface area contributed by atoms with Crippen molar-refractivity contribution in [2.45, 2.75) is 56.4 Å². The summed E-state index contributed by atoms with van der Waals surface area (Å²) in [7, 11) is 0. The van der Waals surface area contributed by atoms with E-state index in [1.807, 2.05) is 6.07 Å². The van der Waals surface area contributed by atoms with E-state index in [2.05, 4.69) is 15.3 Å². The Hall–Kier alpha value is -3.05. The van der Waals surface area contributed by atoms with Crippen molar-refractivity contribution in [1.82, 2.24) is 9.88 Å². The molecule has 3 aliphatic rings. The maximum atomic E-state index is 15.8. The first kappa shape index (κ1) is 25.6. The van der Waals surface area contributed by atoms with Gasteiger partial charge in [0.05, 0.1) is 24.0 Å². The number of allylic oxidation sites excluding steroid dienone is 1. The van der Waals surface area contributed by atoms with Crippen molar-refractivity contribution >= 4 is 11.5 Å². The second-order valence-electron chi connectivity index (χ2n) is 9.81. The van der Waals surface area contributed by atoms with E-state index in [1.165, 1.54) is 23.1 Å². The molecule has 2 aromatic rings. The number of aliphatic imine (C=N–C) groups is 1. The van der Waals surface area contributed by atoms with E-state index >= 15 is 8.78 Å². The van der Waals surface area contributed by atoms with Crippen LogP contribution in [0.4, 0.5) is 27.8 Å². The number of ether oxygens (including phenoxy) is 2. The number of dihydropyridines is 1. The summed E-state index contributed by atoms with van der Waals surface area (Å²) in [6.07, 6.45) is -4.36. The highest BCUT2D eigenvalue weighted by Gasteiger charge is 2.53. The summed E-state index contributed by atoms with van der Waals surface area (Å²) in [6, 6.07) is 11.8. The molecule has 0 aliphatic carbocycles. The van der Waals surface area contributed by atoms with Crippen LogP contribution >= 0.6 is 0 Å². The minimum absolute atomic E-state index is 0.00749. The van der Waals surface area contributed by atoms with Crippen LogP contribution in [0, 0.1) is 0 Å². The Labute approximate surface area is 211 Å². The molecule has 37 heavy (non-hydrogen) atoms. The lowest BCUT2D eigenvalue weighted by molar-refractivity contribution is -0.145. The van der Waals surface area contributed by atoms with E-state index in [4.69, 9.17) is 9.47 Å². The first-order chi connectivity index (χ1) is 17.4. The summed E-state index contributed by atoms with van der Waals surface area (Å²) < 4.78 is 83.2. The number of hydrogen-bond donors (Lipinski definition) is 1. The lowest BCUT2D eigenvalue weighted by atomic mass is 9.94. The molecule has 6 nitrogen and oxygen atoms in total. The van der Waals surface area contributed by atoms with Crippen LogP contribution in [0.1, 0.15) is 25.1 Å². The van der Waals surface area contributed by atoms with Gasteiger partial charge in [0.2, 0.25) is 0 Å². The molecule has 1 N–H and O–H groups in total. The number of alkyl halides is 5. The zero-order chi connectivity index (χ0) is 26.4. The van der Waals surface area contributed by atoms with Gasteiger partial charge in [0.1, 0.15) is 23.7 Å². The summed E-state index contributed by atoms with van der Waals surface area (Å²) >= 11 is 0. The van der Waals surface area contributed by atoms with Crippen molar-refractivity contribution in [2.75, 3.05) is 25.0 Å². The predicted octanol–water partition coefficient (Wildman–Crippen LogP) is 4.93. The van der Waals surface area contributed by atoms with Gasteiger partial charge in [-0.3, -0.25) is 4.99 Å². The third kappa shape index (κ3) is 5.33. The SMILES string of the molecule is CC1(C)O[C@@H]2[C@@H](Nc3cccc(C(F)(F)F)n3)CN(C3=CCN=C(Cc4ccccc4)C3(F)F)C[C@@H]2O1. The van der Waals surface area contributed by atoms with Gasteiger partial charge in [-0.25, -0.2) is 4.98 Å². The number of aromatic nitrogens is 1. The topological polar surface area (TPSA) is 59.0 Å². The molecule has 0 bridgehead atoms. The zero-order valence-electron chi connectivity index (χ0n) is 20.3. The average molecular weight is 523 g/mol. The van der Waals surface area contributed by atoms with Gasteiger partial charge in [-0.15, -0.1) is 0 Å². The lowest BCUT2D eigenvalue weighted by Crippen LogP contribution is -2.59. The van der Waals surface area contributed by atoms with Gasteiger partial charge in [-0.1, -0.05) is 36.4 Å². The van der Waals surface area contributed by atoms with Gasteiger partial charge in [-0.2, -0.15) is 22.0 Å². The molecule has 0 unspecified atom stereocenters. The van der Waals surface area contributed by atoms with Crippen LogP contribution < -0.4 is 5.32 Å². The Morgan fingerprint density at radius 3 is 2.51 bits per heavy atom. The third-order valence-electron chi connectivity index (χ3n) is 6.61. The van der Waals surface area contributed by atoms with Gasteiger partial charge in [0.15, 0.2) is 5.79 Å². The number of halogens is 5. The number of piperidine rings is 1. The summed E-state index contributed by atoms with van der Waals surface area (Å²) in [5, 5.41) is 2.99. The average Bonchev–Trinajstić information content (AvgIpc) is 3.15. The Bertz CT molecular complexity index is 1200. The van der Waals surface area contributed by atoms with Crippen molar-refractivity contribution in [3.05, 3.63) is 71.6 Å². The van der Waals surface area contributed by atoms with E-state index in [0.717, 1.165) is 11.6 Å². The number of nitrogens with zero attached hydrogens (tertiary/aromatic N) is 3. The molecular formula is C26H27F5N4O2. The number of anilines is 1. The summed E-state index contributed by atoms with van der Waals surface area (Å²) in [6.45, 7) is 3.73. The smallest absolute Gasteiger partial charge is 0.365 e. The zero-order valence-corrected chi connectivity index (χ0v) is 20.3. The highest BCUT2D eigenvalue weighted by Crippen LogP contribution is 2.39. The summed E-state index contributed by atoms with van der Waals surface area (Å²) in [5.74, 6) is -4.32. The highest BCUT2D eigenvalue weighted by atomic mass is 19.4. The third-order valence-corrected chi connectivity index (χ3v) is 6.61. The van der Waals surface area contributed by atoms with Crippen LogP contribution in [-0.4, -0.2) is 65.2 Å². The largest absolute Gasteiger partial charge is 0.433 e. The monoisotopic (exact) mass is 522 g/mol. The number of likely N-dealkylation sites (tertiary alicyclic amines) is 1. The molecule has 3 atom stereocenters. The molecule has 4 heterocycles. The number of pyridine rings is 1. The van der Waals surface area contributed by atoms with Crippen molar-refractivity contribution in [2.24, 2.45) is 4.99 Å². The fourth-order valence-corrected chi connectivity index (χ4v) is 5.07. The van der Waals surface area contributed by atoms with E-state index in [-0.39, 0.29) is 43.3 Å². The fourth-order valence-electron chi connectivity index (χ4n) is 5.07. The molecule has 1 aromatic carbocycles. The molecule has 1 aromatic heterocycles. The molecule has 0 amide bonds. The van der Waals surface area contributed by atoms with Crippen LogP contribution in [0.3, 0.4) is 0 Å². The Kier molecular flexibility index (Phi) is 6.47. The highest BCUT2D eigenvalue weighted by molar-refractivity contribution is 5.96. The van der Waals surface area contributed by atoms with Gasteiger partial charge in [0.25, 0.3) is 0 Å². The van der Waals surface area contributed by atoms with Crippen LogP contribution in [0.5, 0.6) is 0 Å². The quantitative estimate of drug-likeness (QED) is 0.565. The first-order valence-electron chi connectivity index (χ1n) is 12.0. The molecule has 198 valence electrons. The molecule has 11 heteroatoms. The van der Waals surface area contributed by atoms with E-state index in [1.54, 1.807) is 38.1 Å². The molecule has 0 spiro atoms. The van der Waals surface area contributed by atoms with Crippen LogP contribution in [0.25, 0.3) is 0 Å². The van der Waals surface area contributed by atoms with Crippen LogP contribution in [0.2, 0.25) is 0 Å². The molecule has 2 fully saturated rings. The maximum Gasteiger partial charge on any atom is 0.433 e. The number of nitrogens with one attached hydrogen (secondary N) is 1. The minimum Gasteiger partial charge on any atom is -0.365 e. The van der Waals surface area contributed by atoms with E-state index < -0.39 is 41.8 Å². The lowest BCUT2D eigenvalue weighted by Gasteiger charge is -2.43. The van der Waals surface area contributed by atoms with Gasteiger partial charge in [-0.05, 0) is 37.6 Å². The first-order valence-corrected chi connectivity index (χ1v) is 12.0. The van der Waals surface area contributed by atoms with Crippen molar-refractivity contribution in [3.8, 4) is 0 Å². The Morgan fingerprint density at radius 1 is 1.03 bits per heavy atom. The van der Waals surface area contributed by atoms with Gasteiger partial charge < -0.3 is 19.7 Å². The van der Waals surface area contributed by atoms with Crippen molar-refractivity contribution in [1.29, 1.82) is 0 Å². The predicted molar refractivity (Wildman–Crippen MR) is 128 cm³/mol. The summed E-state index contributed by atoms with van der Waals surface area (Å²) in [5.41, 5.74) is -0.741. The Morgan fingerprint density at radius 2 is 1.78 bits per heavy atom. The molecular weight excluding hydrogens is 495 g/mol. The van der Waals surface area contributed by atoms with E-state index in [0.29, 0.717) is 0 Å². The van der Waals surface area contributed by atoms with Crippen LogP contribution in [-0.2, 0) is 22.1 Å². The molecule has 0 radical (unpaired) electrons. The van der Waals surface area contributed by atoms with Gasteiger partial charge >= 0.3 is 12.1 Å². The molecule has 2 saturated heterocycles. The van der Waals surface area contributed by atoms with Crippen molar-refractivity contribution < 1.29 is 31.4 Å². The molecule has 0 saturated carbocycles. The fraction of sp³-hybridized carbons (Fsp3) is 0.462. The number of fused-ring (bicyclic) bond motifs is 1. The van der Waals surface area contributed by atoms with Crippen LogP contribution in [0.15, 0.2) is 65.3 Å². The summed E-state index contributed by atoms with van der Waals surface area (Å²) in [4.78, 5) is 9.31. The van der Waals surface area contributed by atoms with Gasteiger partial charge in [0, 0.05) is 19.5 Å². The second-order valence-corrected chi connectivity index (χ2v) is 9.81. The molecule has 3 aliphatic heterocycles. The molecule has 5 rings (SSSR count). The number of benzene rings is 1.